The van der Waals surface area contributed by atoms with Gasteiger partial charge in [-0.2, -0.15) is 0 Å². The predicted molar refractivity (Wildman–Crippen MR) is 29.4 cm³/mol. The topological polar surface area (TPSA) is 41.8 Å². The molecule has 1 heterocycles. The van der Waals surface area contributed by atoms with Crippen molar-refractivity contribution in [1.82, 2.24) is 0 Å². The summed E-state index contributed by atoms with van der Waals surface area (Å²) in [4.78, 5) is 3.87. The highest BCUT2D eigenvalue weighted by molar-refractivity contribution is 5.75. The van der Waals surface area contributed by atoms with Gasteiger partial charge in [-0.15, -0.1) is 0 Å². The highest BCUT2D eigenvalue weighted by Gasteiger charge is 2.14. The van der Waals surface area contributed by atoms with Crippen LogP contribution in [0.4, 0.5) is 0 Å². The molecule has 0 spiro atoms. The number of ether oxygens (including phenoxy) is 1. The van der Waals surface area contributed by atoms with E-state index >= 15 is 0 Å². The van der Waals surface area contributed by atoms with E-state index in [1.165, 1.54) is 0 Å². The third-order valence-corrected chi connectivity index (χ3v) is 0.946. The van der Waals surface area contributed by atoms with Crippen molar-refractivity contribution in [1.29, 1.82) is 0 Å². The van der Waals surface area contributed by atoms with Crippen LogP contribution in [0.2, 0.25) is 0 Å². The number of nitrogens with zero attached hydrogens (tertiary/aromatic N) is 1. The van der Waals surface area contributed by atoms with Crippen LogP contribution in [0.3, 0.4) is 0 Å². The van der Waals surface area contributed by atoms with Crippen LogP contribution in [-0.2, 0) is 4.74 Å². The summed E-state index contributed by atoms with van der Waals surface area (Å²) in [5.41, 5.74) is 0. The van der Waals surface area contributed by atoms with Gasteiger partial charge in [0.05, 0.1) is 6.61 Å². The Balaban J connectivity index is 2.41. The largest absolute Gasteiger partial charge is 0.478 e. The van der Waals surface area contributed by atoms with Crippen molar-refractivity contribution >= 4 is 5.90 Å². The molecule has 0 atom stereocenters. The van der Waals surface area contributed by atoms with Gasteiger partial charge in [0.1, 0.15) is 6.61 Å². The third-order valence-electron chi connectivity index (χ3n) is 0.946. The minimum Gasteiger partial charge on any atom is -0.478 e. The van der Waals surface area contributed by atoms with E-state index in [-0.39, 0.29) is 6.61 Å². The first-order valence-corrected chi connectivity index (χ1v) is 2.46. The van der Waals surface area contributed by atoms with Gasteiger partial charge < -0.3 is 9.84 Å². The van der Waals surface area contributed by atoms with Crippen molar-refractivity contribution < 1.29 is 9.84 Å². The average Bonchev–Trinajstić information content (AvgIpc) is 2.14. The minimum atomic E-state index is 0.0112. The Bertz CT molecular complexity index is 111. The van der Waals surface area contributed by atoms with Crippen molar-refractivity contribution in [2.24, 2.45) is 4.99 Å². The van der Waals surface area contributed by atoms with Gasteiger partial charge in [-0.25, -0.2) is 4.99 Å². The Morgan fingerprint density at radius 2 is 2.62 bits per heavy atom. The Labute approximate surface area is 48.0 Å². The third kappa shape index (κ3) is 0.980. The fourth-order valence-corrected chi connectivity index (χ4v) is 0.556. The van der Waals surface area contributed by atoms with E-state index in [1.54, 1.807) is 6.92 Å². The molecule has 1 aliphatic rings. The molecule has 0 bridgehead atoms. The van der Waals surface area contributed by atoms with Crippen molar-refractivity contribution in [3.8, 4) is 0 Å². The molecule has 0 aromatic rings. The molecule has 0 unspecified atom stereocenters. The summed E-state index contributed by atoms with van der Waals surface area (Å²) in [6.45, 7) is 2.24. The lowest BCUT2D eigenvalue weighted by Crippen LogP contribution is -2.00. The summed E-state index contributed by atoms with van der Waals surface area (Å²) in [5.74, 6) is 0.647. The van der Waals surface area contributed by atoms with E-state index in [0.29, 0.717) is 18.5 Å². The molecule has 8 heavy (non-hydrogen) atoms. The number of aliphatic imine (C=N–C) groups is 1. The molecular weight excluding hydrogens is 106 g/mol. The van der Waals surface area contributed by atoms with Crippen LogP contribution in [0.1, 0.15) is 6.92 Å². The van der Waals surface area contributed by atoms with E-state index in [1.807, 2.05) is 0 Å². The fraction of sp³-hybridized carbons (Fsp3) is 0.600. The predicted octanol–water partition coefficient (Wildman–Crippen LogP) is -0.0407. The molecule has 1 radical (unpaired) electrons. The van der Waals surface area contributed by atoms with E-state index in [0.717, 1.165) is 0 Å². The molecule has 1 N–H and O–H groups in total. The maximum Gasteiger partial charge on any atom is 0.180 e. The second kappa shape index (κ2) is 2.13. The molecule has 0 aromatic heterocycles. The maximum absolute atomic E-state index is 8.46. The van der Waals surface area contributed by atoms with Gasteiger partial charge in [0, 0.05) is 6.92 Å². The first-order valence-electron chi connectivity index (χ1n) is 2.46. The molecule has 3 heteroatoms. The standard InChI is InChI=1S/C5H8NO2/c1-4-6-5(2-7)3-8-4/h7H,2-3H2,1H3. The van der Waals surface area contributed by atoms with E-state index < -0.39 is 0 Å². The molecule has 0 amide bonds. The normalized spacial score (nSPS) is 20.5. The van der Waals surface area contributed by atoms with Crippen LogP contribution in [0.15, 0.2) is 4.99 Å². The molecule has 0 fully saturated rings. The van der Waals surface area contributed by atoms with Crippen molar-refractivity contribution in [2.45, 2.75) is 6.92 Å². The highest BCUT2D eigenvalue weighted by atomic mass is 16.5. The number of aliphatic hydroxyl groups excluding tert-OH is 1. The number of hydrogen-bond acceptors (Lipinski definition) is 3. The van der Waals surface area contributed by atoms with Crippen molar-refractivity contribution in [2.75, 3.05) is 13.2 Å². The molecule has 3 nitrogen and oxygen atoms in total. The Morgan fingerprint density at radius 1 is 1.88 bits per heavy atom. The molecular formula is C5H8NO2. The molecule has 1 rings (SSSR count). The van der Waals surface area contributed by atoms with Crippen LogP contribution < -0.4 is 0 Å². The fourth-order valence-electron chi connectivity index (χ4n) is 0.556. The lowest BCUT2D eigenvalue weighted by molar-refractivity contribution is 0.269. The summed E-state index contributed by atoms with van der Waals surface area (Å²) in [7, 11) is 0. The number of rotatable bonds is 1. The summed E-state index contributed by atoms with van der Waals surface area (Å²) in [6.07, 6.45) is 0. The number of hydrogen-bond donors (Lipinski definition) is 1. The van der Waals surface area contributed by atoms with E-state index in [4.69, 9.17) is 9.84 Å². The zero-order valence-corrected chi connectivity index (χ0v) is 4.72. The Hall–Kier alpha value is -0.570. The second-order valence-corrected chi connectivity index (χ2v) is 1.64. The van der Waals surface area contributed by atoms with Crippen LogP contribution >= 0.6 is 0 Å². The maximum atomic E-state index is 8.46. The molecule has 0 aromatic carbocycles. The van der Waals surface area contributed by atoms with Gasteiger partial charge in [0.15, 0.2) is 11.9 Å². The lowest BCUT2D eigenvalue weighted by Gasteiger charge is -1.93. The van der Waals surface area contributed by atoms with Gasteiger partial charge >= 0.3 is 0 Å². The number of aliphatic hydroxyl groups is 1. The summed E-state index contributed by atoms with van der Waals surface area (Å²) in [5, 5.41) is 8.46. The monoisotopic (exact) mass is 114 g/mol. The summed E-state index contributed by atoms with van der Waals surface area (Å²) in [6, 6.07) is 0.711. The molecule has 0 saturated heterocycles. The van der Waals surface area contributed by atoms with Crippen LogP contribution in [0.25, 0.3) is 0 Å². The quantitative estimate of drug-likeness (QED) is 0.519. The SMILES string of the molecule is CC1=N[C](CO)CO1. The van der Waals surface area contributed by atoms with E-state index in [9.17, 15) is 0 Å². The van der Waals surface area contributed by atoms with Crippen molar-refractivity contribution in [3.63, 3.8) is 0 Å². The van der Waals surface area contributed by atoms with Gasteiger partial charge in [-0.1, -0.05) is 0 Å². The Kier molecular flexibility index (Phi) is 1.48. The second-order valence-electron chi connectivity index (χ2n) is 1.64. The minimum absolute atomic E-state index is 0.0112. The zero-order valence-electron chi connectivity index (χ0n) is 4.72. The first kappa shape index (κ1) is 5.56. The first-order chi connectivity index (χ1) is 3.83. The van der Waals surface area contributed by atoms with Gasteiger partial charge in [0.25, 0.3) is 0 Å². The van der Waals surface area contributed by atoms with Crippen molar-refractivity contribution in [3.05, 3.63) is 6.04 Å². The summed E-state index contributed by atoms with van der Waals surface area (Å²) >= 11 is 0. The Morgan fingerprint density at radius 3 is 2.88 bits per heavy atom. The average molecular weight is 114 g/mol. The zero-order chi connectivity index (χ0) is 5.98. The van der Waals surface area contributed by atoms with Crippen LogP contribution in [0, 0.1) is 6.04 Å². The molecule has 0 saturated carbocycles. The van der Waals surface area contributed by atoms with Crippen LogP contribution in [-0.4, -0.2) is 24.2 Å². The highest BCUT2D eigenvalue weighted by Crippen LogP contribution is 2.09. The van der Waals surface area contributed by atoms with E-state index in [2.05, 4.69) is 4.99 Å². The smallest absolute Gasteiger partial charge is 0.180 e. The van der Waals surface area contributed by atoms with Gasteiger partial charge in [-0.3, -0.25) is 0 Å². The molecule has 0 aliphatic carbocycles. The van der Waals surface area contributed by atoms with Gasteiger partial charge in [-0.05, 0) is 0 Å². The summed E-state index contributed by atoms with van der Waals surface area (Å²) < 4.78 is 4.91. The molecule has 1 aliphatic heterocycles. The van der Waals surface area contributed by atoms with Gasteiger partial charge in [0.2, 0.25) is 0 Å². The lowest BCUT2D eigenvalue weighted by atomic mass is 10.4. The van der Waals surface area contributed by atoms with Crippen LogP contribution in [0.5, 0.6) is 0 Å². The molecule has 45 valence electrons.